The van der Waals surface area contributed by atoms with Crippen molar-refractivity contribution >= 4 is 21.7 Å². The maximum atomic E-state index is 12.9. The highest BCUT2D eigenvalue weighted by Crippen LogP contribution is 2.39. The number of rotatable bonds is 2. The summed E-state index contributed by atoms with van der Waals surface area (Å²) in [5.74, 6) is -0.284. The van der Waals surface area contributed by atoms with E-state index in [0.29, 0.717) is 4.47 Å². The molecule has 0 spiro atoms. The van der Waals surface area contributed by atoms with Crippen molar-refractivity contribution in [2.75, 3.05) is 0 Å². The number of furan rings is 1. The quantitative estimate of drug-likeness (QED) is 0.730. The van der Waals surface area contributed by atoms with E-state index in [1.807, 2.05) is 0 Å². The number of ketones is 1. The lowest BCUT2D eigenvalue weighted by molar-refractivity contribution is -0.137. The first kappa shape index (κ1) is 13.9. The first-order valence-corrected chi connectivity index (χ1v) is 6.06. The van der Waals surface area contributed by atoms with Crippen LogP contribution in [0.5, 0.6) is 0 Å². The van der Waals surface area contributed by atoms with Gasteiger partial charge in [0, 0.05) is 17.0 Å². The number of hydrogen-bond acceptors (Lipinski definition) is 2. The van der Waals surface area contributed by atoms with Crippen molar-refractivity contribution in [1.82, 2.24) is 0 Å². The third kappa shape index (κ3) is 2.89. The van der Waals surface area contributed by atoms with Gasteiger partial charge in [-0.1, -0.05) is 15.9 Å². The molecule has 0 atom stereocenters. The Hall–Kier alpha value is -1.56. The first-order chi connectivity index (χ1) is 8.79. The lowest BCUT2D eigenvalue weighted by Gasteiger charge is -2.11. The van der Waals surface area contributed by atoms with Gasteiger partial charge in [0.05, 0.1) is 5.56 Å². The molecule has 0 fully saturated rings. The van der Waals surface area contributed by atoms with Gasteiger partial charge in [-0.2, -0.15) is 13.2 Å². The minimum absolute atomic E-state index is 0.0185. The molecule has 6 heteroatoms. The molecule has 0 saturated heterocycles. The molecule has 19 heavy (non-hydrogen) atoms. The Morgan fingerprint density at radius 3 is 2.42 bits per heavy atom. The van der Waals surface area contributed by atoms with Crippen LogP contribution in [0.4, 0.5) is 13.2 Å². The summed E-state index contributed by atoms with van der Waals surface area (Å²) in [6.07, 6.45) is -4.50. The Bertz CT molecular complexity index is 629. The van der Waals surface area contributed by atoms with Crippen LogP contribution < -0.4 is 0 Å². The number of hydrogen-bond donors (Lipinski definition) is 0. The van der Waals surface area contributed by atoms with Gasteiger partial charge in [0.2, 0.25) is 0 Å². The smallest absolute Gasteiger partial charge is 0.417 e. The third-order valence-electron chi connectivity index (χ3n) is 2.51. The Balaban J connectivity index is 2.58. The largest absolute Gasteiger partial charge is 0.453 e. The number of Topliss-reactive ketones (excluding diaryl/α,β-unsaturated/α-hetero) is 1. The van der Waals surface area contributed by atoms with Crippen LogP contribution >= 0.6 is 15.9 Å². The summed E-state index contributed by atoms with van der Waals surface area (Å²) in [5, 5.41) is 0. The standard InChI is InChI=1S/C13H8BrF3O2/c1-7(18)11-4-5-12(19-11)9-3-2-8(14)6-10(9)13(15,16)17/h2-6H,1H3. The summed E-state index contributed by atoms with van der Waals surface area (Å²) < 4.78 is 44.3. The van der Waals surface area contributed by atoms with Crippen molar-refractivity contribution in [2.45, 2.75) is 13.1 Å². The fourth-order valence-electron chi connectivity index (χ4n) is 1.64. The molecule has 1 heterocycles. The molecule has 2 aromatic rings. The van der Waals surface area contributed by atoms with Gasteiger partial charge in [0.15, 0.2) is 11.5 Å². The Morgan fingerprint density at radius 2 is 1.89 bits per heavy atom. The van der Waals surface area contributed by atoms with E-state index in [-0.39, 0.29) is 22.9 Å². The molecule has 100 valence electrons. The third-order valence-corrected chi connectivity index (χ3v) is 3.00. The highest BCUT2D eigenvalue weighted by Gasteiger charge is 2.34. The summed E-state index contributed by atoms with van der Waals surface area (Å²) in [6.45, 7) is 1.29. The summed E-state index contributed by atoms with van der Waals surface area (Å²) in [5.41, 5.74) is -0.908. The zero-order chi connectivity index (χ0) is 14.2. The van der Waals surface area contributed by atoms with Crippen LogP contribution in [0.25, 0.3) is 11.3 Å². The van der Waals surface area contributed by atoms with Gasteiger partial charge < -0.3 is 4.42 Å². The van der Waals surface area contributed by atoms with Crippen molar-refractivity contribution in [2.24, 2.45) is 0 Å². The lowest BCUT2D eigenvalue weighted by atomic mass is 10.1. The predicted molar refractivity (Wildman–Crippen MR) is 66.9 cm³/mol. The number of alkyl halides is 3. The van der Waals surface area contributed by atoms with Crippen LogP contribution in [0.3, 0.4) is 0 Å². The van der Waals surface area contributed by atoms with E-state index in [4.69, 9.17) is 4.42 Å². The minimum atomic E-state index is -4.50. The number of halogens is 4. The van der Waals surface area contributed by atoms with Crippen molar-refractivity contribution in [3.63, 3.8) is 0 Å². The van der Waals surface area contributed by atoms with Gasteiger partial charge in [-0.15, -0.1) is 0 Å². The van der Waals surface area contributed by atoms with E-state index in [0.717, 1.165) is 6.07 Å². The average Bonchev–Trinajstić information content (AvgIpc) is 2.77. The van der Waals surface area contributed by atoms with Crippen LogP contribution in [0, 0.1) is 0 Å². The first-order valence-electron chi connectivity index (χ1n) is 5.27. The van der Waals surface area contributed by atoms with Gasteiger partial charge in [-0.3, -0.25) is 4.79 Å². The van der Waals surface area contributed by atoms with Gasteiger partial charge in [-0.05, 0) is 30.3 Å². The Labute approximate surface area is 115 Å². The van der Waals surface area contributed by atoms with Gasteiger partial charge in [0.25, 0.3) is 0 Å². The molecule has 2 rings (SSSR count). The van der Waals surface area contributed by atoms with E-state index in [2.05, 4.69) is 15.9 Å². The van der Waals surface area contributed by atoms with E-state index in [9.17, 15) is 18.0 Å². The second kappa shape index (κ2) is 4.85. The van der Waals surface area contributed by atoms with Gasteiger partial charge in [0.1, 0.15) is 5.76 Å². The second-order valence-corrected chi connectivity index (χ2v) is 4.82. The summed E-state index contributed by atoms with van der Waals surface area (Å²) in [4.78, 5) is 11.1. The summed E-state index contributed by atoms with van der Waals surface area (Å²) >= 11 is 3.01. The van der Waals surface area contributed by atoms with Crippen molar-refractivity contribution in [1.29, 1.82) is 0 Å². The highest BCUT2D eigenvalue weighted by atomic mass is 79.9. The maximum Gasteiger partial charge on any atom is 0.417 e. The van der Waals surface area contributed by atoms with Gasteiger partial charge in [-0.25, -0.2) is 0 Å². The monoisotopic (exact) mass is 332 g/mol. The van der Waals surface area contributed by atoms with E-state index < -0.39 is 11.7 Å². The van der Waals surface area contributed by atoms with Crippen LogP contribution in [-0.2, 0) is 6.18 Å². The highest BCUT2D eigenvalue weighted by molar-refractivity contribution is 9.10. The second-order valence-electron chi connectivity index (χ2n) is 3.91. The van der Waals surface area contributed by atoms with Crippen molar-refractivity contribution in [3.8, 4) is 11.3 Å². The molecule has 0 bridgehead atoms. The molecule has 1 aromatic heterocycles. The summed E-state index contributed by atoms with van der Waals surface area (Å²) in [6, 6.07) is 6.48. The molecule has 0 aliphatic rings. The zero-order valence-corrected chi connectivity index (χ0v) is 11.3. The number of carbonyl (C=O) groups is 1. The SMILES string of the molecule is CC(=O)c1ccc(-c2ccc(Br)cc2C(F)(F)F)o1. The average molecular weight is 333 g/mol. The molecular weight excluding hydrogens is 325 g/mol. The summed E-state index contributed by atoms with van der Waals surface area (Å²) in [7, 11) is 0. The fourth-order valence-corrected chi connectivity index (χ4v) is 2.00. The lowest BCUT2D eigenvalue weighted by Crippen LogP contribution is -2.07. The normalized spacial score (nSPS) is 11.6. The maximum absolute atomic E-state index is 12.9. The Morgan fingerprint density at radius 1 is 1.21 bits per heavy atom. The zero-order valence-electron chi connectivity index (χ0n) is 9.72. The van der Waals surface area contributed by atoms with Crippen molar-refractivity contribution in [3.05, 3.63) is 46.1 Å². The number of carbonyl (C=O) groups excluding carboxylic acids is 1. The molecule has 0 radical (unpaired) electrons. The van der Waals surface area contributed by atoms with E-state index in [1.165, 1.54) is 31.2 Å². The molecular formula is C13H8BrF3O2. The molecule has 0 N–H and O–H groups in total. The van der Waals surface area contributed by atoms with Gasteiger partial charge >= 0.3 is 6.18 Å². The Kier molecular flexibility index (Phi) is 3.54. The van der Waals surface area contributed by atoms with E-state index >= 15 is 0 Å². The topological polar surface area (TPSA) is 30.2 Å². The number of benzene rings is 1. The predicted octanol–water partition coefficient (Wildman–Crippen LogP) is 4.93. The molecule has 0 aliphatic heterocycles. The molecule has 0 saturated carbocycles. The molecule has 0 unspecified atom stereocenters. The van der Waals surface area contributed by atoms with Crippen molar-refractivity contribution < 1.29 is 22.4 Å². The van der Waals surface area contributed by atoms with Crippen LogP contribution in [0.1, 0.15) is 23.0 Å². The van der Waals surface area contributed by atoms with Crippen LogP contribution in [0.15, 0.2) is 39.2 Å². The fraction of sp³-hybridized carbons (Fsp3) is 0.154. The minimum Gasteiger partial charge on any atom is -0.453 e. The van der Waals surface area contributed by atoms with Crippen LogP contribution in [-0.4, -0.2) is 5.78 Å². The molecule has 0 aliphatic carbocycles. The van der Waals surface area contributed by atoms with E-state index in [1.54, 1.807) is 0 Å². The molecule has 0 amide bonds. The molecule has 2 nitrogen and oxygen atoms in total. The molecule has 1 aromatic carbocycles. The van der Waals surface area contributed by atoms with Crippen LogP contribution in [0.2, 0.25) is 0 Å².